The molecule has 3 aromatic carbocycles. The molecule has 1 aromatic heterocycles. The van der Waals surface area contributed by atoms with Crippen molar-refractivity contribution in [3.05, 3.63) is 103 Å². The fourth-order valence-corrected chi connectivity index (χ4v) is 10.2. The zero-order valence-electron chi connectivity index (χ0n) is 24.6. The molecule has 0 aliphatic rings. The van der Waals surface area contributed by atoms with Crippen LogP contribution in [0.25, 0.3) is 11.3 Å². The number of hydrogen-bond donors (Lipinski definition) is 2. The van der Waals surface area contributed by atoms with Crippen LogP contribution in [0.1, 0.15) is 71.7 Å². The summed E-state index contributed by atoms with van der Waals surface area (Å²) < 4.78 is 20.2. The molecule has 216 valence electrons. The quantitative estimate of drug-likeness (QED) is 0.138. The first-order valence-electron chi connectivity index (χ1n) is 14.5. The van der Waals surface area contributed by atoms with Gasteiger partial charge in [-0.15, -0.1) is 0 Å². The van der Waals surface area contributed by atoms with Gasteiger partial charge in [0, 0.05) is 6.42 Å². The maximum atomic E-state index is 13.3. The van der Waals surface area contributed by atoms with Crippen LogP contribution < -0.4 is 16.1 Å². The Balaban J connectivity index is 1.33. The lowest BCUT2D eigenvalue weighted by Gasteiger charge is -2.44. The fourth-order valence-electron chi connectivity index (χ4n) is 5.50. The molecule has 4 rings (SSSR count). The summed E-state index contributed by atoms with van der Waals surface area (Å²) in [6.45, 7) is 8.58. The molecule has 1 unspecified atom stereocenters. The molecule has 0 aliphatic heterocycles. The molecular formula is C34H42FN3O2Si. The summed E-state index contributed by atoms with van der Waals surface area (Å²) in [4.78, 5) is 21.0. The van der Waals surface area contributed by atoms with E-state index < -0.39 is 14.4 Å². The Bertz CT molecular complexity index is 1350. The molecule has 5 nitrogen and oxygen atoms in total. The SMILES string of the molecule is CC(O[Si](c1ccccc1)(c1ccccc1)C(C)(C)C)C(=O)CCCCC[C@H](N)c1ncc(-c2ccc(F)cc2)[nH]1. The topological polar surface area (TPSA) is 81.0 Å². The van der Waals surface area contributed by atoms with Crippen molar-refractivity contribution in [3.63, 3.8) is 0 Å². The second-order valence-electron chi connectivity index (χ2n) is 11.8. The van der Waals surface area contributed by atoms with Gasteiger partial charge in [0.25, 0.3) is 8.32 Å². The Hall–Kier alpha value is -3.39. The summed E-state index contributed by atoms with van der Waals surface area (Å²) in [5, 5.41) is 2.17. The summed E-state index contributed by atoms with van der Waals surface area (Å²) in [7, 11) is -2.77. The number of benzene rings is 3. The van der Waals surface area contributed by atoms with Gasteiger partial charge in [0.2, 0.25) is 0 Å². The largest absolute Gasteiger partial charge is 0.398 e. The zero-order chi connectivity index (χ0) is 29.5. The number of carbonyl (C=O) groups is 1. The molecule has 0 amide bonds. The second kappa shape index (κ2) is 13.5. The monoisotopic (exact) mass is 571 g/mol. The third-order valence-electron chi connectivity index (χ3n) is 7.76. The van der Waals surface area contributed by atoms with Gasteiger partial charge in [0.05, 0.1) is 17.9 Å². The molecule has 0 aliphatic carbocycles. The van der Waals surface area contributed by atoms with Gasteiger partial charge in [-0.05, 0) is 65.0 Å². The third kappa shape index (κ3) is 7.28. The highest BCUT2D eigenvalue weighted by atomic mass is 28.4. The Morgan fingerprint density at radius 1 is 0.927 bits per heavy atom. The molecule has 1 heterocycles. The van der Waals surface area contributed by atoms with E-state index in [-0.39, 0.29) is 22.7 Å². The van der Waals surface area contributed by atoms with Crippen molar-refractivity contribution in [2.75, 3.05) is 0 Å². The lowest BCUT2D eigenvalue weighted by molar-refractivity contribution is -0.125. The van der Waals surface area contributed by atoms with Gasteiger partial charge in [0.1, 0.15) is 17.7 Å². The highest BCUT2D eigenvalue weighted by Gasteiger charge is 2.51. The van der Waals surface area contributed by atoms with E-state index in [1.54, 1.807) is 18.3 Å². The van der Waals surface area contributed by atoms with Gasteiger partial charge in [-0.25, -0.2) is 9.37 Å². The lowest BCUT2D eigenvalue weighted by Crippen LogP contribution is -2.68. The van der Waals surface area contributed by atoms with E-state index in [9.17, 15) is 9.18 Å². The summed E-state index contributed by atoms with van der Waals surface area (Å²) in [5.74, 6) is 0.581. The maximum Gasteiger partial charge on any atom is 0.262 e. The summed E-state index contributed by atoms with van der Waals surface area (Å²) >= 11 is 0. The number of hydrogen-bond acceptors (Lipinski definition) is 4. The maximum absolute atomic E-state index is 13.3. The van der Waals surface area contributed by atoms with Crippen molar-refractivity contribution in [2.24, 2.45) is 5.73 Å². The predicted molar refractivity (Wildman–Crippen MR) is 167 cm³/mol. The molecule has 0 bridgehead atoms. The van der Waals surface area contributed by atoms with Gasteiger partial charge in [0.15, 0.2) is 5.78 Å². The van der Waals surface area contributed by atoms with Crippen molar-refractivity contribution in [1.29, 1.82) is 0 Å². The molecule has 0 radical (unpaired) electrons. The van der Waals surface area contributed by atoms with Crippen LogP contribution in [0.5, 0.6) is 0 Å². The summed E-state index contributed by atoms with van der Waals surface area (Å²) in [5.41, 5.74) is 8.07. The molecule has 41 heavy (non-hydrogen) atoms. The second-order valence-corrected chi connectivity index (χ2v) is 16.0. The first-order valence-corrected chi connectivity index (χ1v) is 16.4. The minimum atomic E-state index is -2.77. The van der Waals surface area contributed by atoms with Gasteiger partial charge >= 0.3 is 0 Å². The molecule has 0 saturated carbocycles. The normalized spacial score (nSPS) is 13.6. The van der Waals surface area contributed by atoms with E-state index in [0.29, 0.717) is 12.2 Å². The first kappa shape index (κ1) is 30.6. The van der Waals surface area contributed by atoms with Crippen molar-refractivity contribution in [1.82, 2.24) is 9.97 Å². The highest BCUT2D eigenvalue weighted by Crippen LogP contribution is 2.37. The van der Waals surface area contributed by atoms with Crippen molar-refractivity contribution >= 4 is 24.5 Å². The van der Waals surface area contributed by atoms with E-state index in [1.807, 2.05) is 19.1 Å². The molecule has 0 fully saturated rings. The van der Waals surface area contributed by atoms with E-state index in [2.05, 4.69) is 79.3 Å². The highest BCUT2D eigenvalue weighted by molar-refractivity contribution is 6.99. The van der Waals surface area contributed by atoms with Gasteiger partial charge in [-0.1, -0.05) is 94.3 Å². The summed E-state index contributed by atoms with van der Waals surface area (Å²) in [6.07, 6.45) is 5.05. The minimum Gasteiger partial charge on any atom is -0.398 e. The average molecular weight is 572 g/mol. The van der Waals surface area contributed by atoms with Crippen LogP contribution in [-0.2, 0) is 9.22 Å². The van der Waals surface area contributed by atoms with Crippen molar-refractivity contribution < 1.29 is 13.6 Å². The Labute approximate surface area is 244 Å². The fraction of sp³-hybridized carbons (Fsp3) is 0.353. The van der Waals surface area contributed by atoms with Crippen LogP contribution in [0.4, 0.5) is 4.39 Å². The van der Waals surface area contributed by atoms with Crippen LogP contribution in [0.2, 0.25) is 5.04 Å². The Morgan fingerprint density at radius 3 is 2.07 bits per heavy atom. The van der Waals surface area contributed by atoms with E-state index in [1.165, 1.54) is 22.5 Å². The van der Waals surface area contributed by atoms with Crippen molar-refractivity contribution in [3.8, 4) is 11.3 Å². The van der Waals surface area contributed by atoms with E-state index in [0.717, 1.165) is 36.9 Å². The third-order valence-corrected chi connectivity index (χ3v) is 12.9. The number of aromatic amines is 1. The number of unbranched alkanes of at least 4 members (excludes halogenated alkanes) is 2. The van der Waals surface area contributed by atoms with E-state index in [4.69, 9.17) is 10.2 Å². The number of imidazole rings is 1. The number of Topliss-reactive ketones (excluding diaryl/α,β-unsaturated/α-hetero) is 1. The molecule has 7 heteroatoms. The van der Waals surface area contributed by atoms with Crippen LogP contribution in [0.3, 0.4) is 0 Å². The number of nitrogens with two attached hydrogens (primary N) is 1. The smallest absolute Gasteiger partial charge is 0.262 e. The molecule has 0 spiro atoms. The predicted octanol–water partition coefficient (Wildman–Crippen LogP) is 6.70. The molecule has 4 aromatic rings. The number of rotatable bonds is 13. The Morgan fingerprint density at radius 2 is 1.51 bits per heavy atom. The summed E-state index contributed by atoms with van der Waals surface area (Å²) in [6, 6.07) is 26.9. The van der Waals surface area contributed by atoms with Gasteiger partial charge in [-0.2, -0.15) is 0 Å². The number of halogens is 1. The van der Waals surface area contributed by atoms with Crippen molar-refractivity contribution in [2.45, 2.75) is 77.0 Å². The van der Waals surface area contributed by atoms with Gasteiger partial charge in [-0.3, -0.25) is 4.79 Å². The van der Waals surface area contributed by atoms with Crippen LogP contribution in [0.15, 0.2) is 91.1 Å². The Kier molecular flexibility index (Phi) is 10.1. The zero-order valence-corrected chi connectivity index (χ0v) is 25.6. The number of nitrogens with one attached hydrogen (secondary N) is 1. The van der Waals surface area contributed by atoms with E-state index >= 15 is 0 Å². The number of aromatic nitrogens is 2. The molecule has 3 N–H and O–H groups in total. The first-order chi connectivity index (χ1) is 19.6. The number of ketones is 1. The molecule has 0 saturated heterocycles. The van der Waals surface area contributed by atoms with Crippen LogP contribution >= 0.6 is 0 Å². The minimum absolute atomic E-state index is 0.136. The average Bonchev–Trinajstić information content (AvgIpc) is 3.46. The molecular weight excluding hydrogens is 529 g/mol. The lowest BCUT2D eigenvalue weighted by atomic mass is 10.0. The molecule has 2 atom stereocenters. The standard InChI is InChI=1S/C34H42FN3O2Si/c1-25(40-41(34(2,3)4,28-14-8-5-9-15-28)29-16-10-6-11-17-29)32(39)19-13-7-12-18-30(36)33-37-24-31(38-33)26-20-22-27(35)23-21-26/h5-6,8-11,14-17,20-25,30H,7,12-13,18-19,36H2,1-4H3,(H,37,38)/t25?,30-/m0/s1. The number of H-pyrrole nitrogens is 1. The van der Waals surface area contributed by atoms with Gasteiger partial charge < -0.3 is 15.1 Å². The number of carbonyl (C=O) groups excluding carboxylic acids is 1. The van der Waals surface area contributed by atoms with Crippen LogP contribution in [-0.4, -0.2) is 30.2 Å². The van der Waals surface area contributed by atoms with Crippen LogP contribution in [0, 0.1) is 5.82 Å². The number of nitrogens with zero attached hydrogens (tertiary/aromatic N) is 1.